The van der Waals surface area contributed by atoms with E-state index in [0.717, 1.165) is 0 Å². The van der Waals surface area contributed by atoms with Crippen LogP contribution in [-0.2, 0) is 14.2 Å². The molecular weight excluding hydrogens is 176 g/mol. The van der Waals surface area contributed by atoms with Crippen molar-refractivity contribution in [2.24, 2.45) is 0 Å². The Morgan fingerprint density at radius 1 is 0.923 bits per heavy atom. The van der Waals surface area contributed by atoms with Crippen LogP contribution in [0.5, 0.6) is 0 Å². The predicted octanol–water partition coefficient (Wildman–Crippen LogP) is -1.48. The first-order chi connectivity index (χ1) is 6.36. The second-order valence-electron chi connectivity index (χ2n) is 3.25. The van der Waals surface area contributed by atoms with Gasteiger partial charge in [-0.3, -0.25) is 0 Å². The standard InChI is InChI=1S/C8H14O5/c9-3-5-7-8(6(4-10)13-5)12-2-1-11-7/h5-10H,1-4H2/t5-,6-,7-,8-/m1/s1. The zero-order chi connectivity index (χ0) is 9.26. The van der Waals surface area contributed by atoms with E-state index in [2.05, 4.69) is 0 Å². The lowest BCUT2D eigenvalue weighted by Gasteiger charge is -2.28. The Morgan fingerprint density at radius 3 is 1.77 bits per heavy atom. The highest BCUT2D eigenvalue weighted by Crippen LogP contribution is 2.28. The van der Waals surface area contributed by atoms with Gasteiger partial charge in [0.05, 0.1) is 26.4 Å². The van der Waals surface area contributed by atoms with E-state index in [1.54, 1.807) is 0 Å². The van der Waals surface area contributed by atoms with Crippen molar-refractivity contribution in [3.8, 4) is 0 Å². The Hall–Kier alpha value is -0.200. The average Bonchev–Trinajstić information content (AvgIpc) is 2.56. The molecule has 4 atom stereocenters. The summed E-state index contributed by atoms with van der Waals surface area (Å²) in [6.07, 6.45) is -1.17. The molecule has 76 valence electrons. The second kappa shape index (κ2) is 3.89. The van der Waals surface area contributed by atoms with Gasteiger partial charge in [-0.25, -0.2) is 0 Å². The molecule has 0 spiro atoms. The molecule has 0 aliphatic carbocycles. The first-order valence-corrected chi connectivity index (χ1v) is 4.47. The lowest BCUT2D eigenvalue weighted by Crippen LogP contribution is -2.44. The molecule has 0 aromatic rings. The van der Waals surface area contributed by atoms with E-state index in [0.29, 0.717) is 13.2 Å². The van der Waals surface area contributed by atoms with Crippen LogP contribution in [-0.4, -0.2) is 61.1 Å². The predicted molar refractivity (Wildman–Crippen MR) is 42.3 cm³/mol. The lowest BCUT2D eigenvalue weighted by molar-refractivity contribution is -0.137. The van der Waals surface area contributed by atoms with Crippen molar-refractivity contribution in [1.29, 1.82) is 0 Å². The SMILES string of the molecule is OC[C@H]1O[C@H](CO)[C@H]2OCCO[C@@H]21. The molecule has 2 rings (SSSR count). The summed E-state index contributed by atoms with van der Waals surface area (Å²) < 4.78 is 16.2. The van der Waals surface area contributed by atoms with Gasteiger partial charge in [-0.2, -0.15) is 0 Å². The van der Waals surface area contributed by atoms with Gasteiger partial charge in [0, 0.05) is 0 Å². The molecule has 0 bridgehead atoms. The van der Waals surface area contributed by atoms with E-state index in [4.69, 9.17) is 24.4 Å². The Bertz CT molecular complexity index is 156. The molecule has 5 nitrogen and oxygen atoms in total. The van der Waals surface area contributed by atoms with Crippen LogP contribution in [0.3, 0.4) is 0 Å². The fraction of sp³-hybridized carbons (Fsp3) is 1.00. The minimum atomic E-state index is -0.359. The second-order valence-corrected chi connectivity index (χ2v) is 3.25. The molecule has 13 heavy (non-hydrogen) atoms. The maximum absolute atomic E-state index is 8.98. The van der Waals surface area contributed by atoms with E-state index >= 15 is 0 Å². The van der Waals surface area contributed by atoms with E-state index in [-0.39, 0.29) is 37.6 Å². The number of aliphatic hydroxyl groups is 2. The first kappa shape index (κ1) is 9.36. The summed E-state index contributed by atoms with van der Waals surface area (Å²) in [7, 11) is 0. The summed E-state index contributed by atoms with van der Waals surface area (Å²) >= 11 is 0. The molecule has 5 heteroatoms. The van der Waals surface area contributed by atoms with Crippen LogP contribution < -0.4 is 0 Å². The number of hydrogen-bond acceptors (Lipinski definition) is 5. The van der Waals surface area contributed by atoms with Gasteiger partial charge in [-0.05, 0) is 0 Å². The fourth-order valence-corrected chi connectivity index (χ4v) is 1.87. The van der Waals surface area contributed by atoms with Gasteiger partial charge in [0.15, 0.2) is 0 Å². The maximum Gasteiger partial charge on any atom is 0.115 e. The molecule has 2 saturated heterocycles. The van der Waals surface area contributed by atoms with Crippen molar-refractivity contribution in [1.82, 2.24) is 0 Å². The molecule has 2 fully saturated rings. The minimum Gasteiger partial charge on any atom is -0.394 e. The van der Waals surface area contributed by atoms with Crippen LogP contribution in [0.15, 0.2) is 0 Å². The smallest absolute Gasteiger partial charge is 0.115 e. The van der Waals surface area contributed by atoms with Gasteiger partial charge in [0.25, 0.3) is 0 Å². The van der Waals surface area contributed by atoms with Crippen LogP contribution >= 0.6 is 0 Å². The lowest BCUT2D eigenvalue weighted by atomic mass is 10.1. The number of ether oxygens (including phenoxy) is 3. The van der Waals surface area contributed by atoms with E-state index in [9.17, 15) is 0 Å². The summed E-state index contributed by atoms with van der Waals surface area (Å²) in [4.78, 5) is 0. The van der Waals surface area contributed by atoms with E-state index in [1.165, 1.54) is 0 Å². The van der Waals surface area contributed by atoms with Crippen molar-refractivity contribution >= 4 is 0 Å². The largest absolute Gasteiger partial charge is 0.394 e. The van der Waals surface area contributed by atoms with Gasteiger partial charge in [0.2, 0.25) is 0 Å². The molecule has 0 aromatic heterocycles. The summed E-state index contributed by atoms with van der Waals surface area (Å²) in [5, 5.41) is 18.0. The summed E-state index contributed by atoms with van der Waals surface area (Å²) in [5.41, 5.74) is 0. The topological polar surface area (TPSA) is 68.2 Å². The molecule has 0 radical (unpaired) electrons. The van der Waals surface area contributed by atoms with Gasteiger partial charge < -0.3 is 24.4 Å². The number of aliphatic hydroxyl groups excluding tert-OH is 2. The molecular formula is C8H14O5. The number of rotatable bonds is 2. The average molecular weight is 190 g/mol. The van der Waals surface area contributed by atoms with Crippen LogP contribution in [0, 0.1) is 0 Å². The Labute approximate surface area is 76.2 Å². The zero-order valence-corrected chi connectivity index (χ0v) is 7.26. The molecule has 0 amide bonds. The van der Waals surface area contributed by atoms with Crippen molar-refractivity contribution in [2.45, 2.75) is 24.4 Å². The van der Waals surface area contributed by atoms with Crippen LogP contribution in [0.1, 0.15) is 0 Å². The van der Waals surface area contributed by atoms with Gasteiger partial charge in [-0.15, -0.1) is 0 Å². The highest BCUT2D eigenvalue weighted by atomic mass is 16.6. The zero-order valence-electron chi connectivity index (χ0n) is 7.26. The summed E-state index contributed by atoms with van der Waals surface area (Å²) in [6.45, 7) is 0.862. The van der Waals surface area contributed by atoms with Gasteiger partial charge >= 0.3 is 0 Å². The molecule has 0 saturated carbocycles. The van der Waals surface area contributed by atoms with Crippen LogP contribution in [0.4, 0.5) is 0 Å². The highest BCUT2D eigenvalue weighted by molar-refractivity contribution is 4.93. The Morgan fingerprint density at radius 2 is 1.38 bits per heavy atom. The van der Waals surface area contributed by atoms with E-state index < -0.39 is 0 Å². The molecule has 2 aliphatic rings. The van der Waals surface area contributed by atoms with Crippen molar-refractivity contribution in [2.75, 3.05) is 26.4 Å². The number of fused-ring (bicyclic) bond motifs is 1. The maximum atomic E-state index is 8.98. The van der Waals surface area contributed by atoms with E-state index in [1.807, 2.05) is 0 Å². The first-order valence-electron chi connectivity index (χ1n) is 4.47. The third-order valence-corrected chi connectivity index (χ3v) is 2.47. The van der Waals surface area contributed by atoms with Crippen LogP contribution in [0.25, 0.3) is 0 Å². The van der Waals surface area contributed by atoms with Crippen molar-refractivity contribution in [3.63, 3.8) is 0 Å². The van der Waals surface area contributed by atoms with Crippen molar-refractivity contribution < 1.29 is 24.4 Å². The molecule has 0 unspecified atom stereocenters. The summed E-state index contributed by atoms with van der Waals surface area (Å²) in [6, 6.07) is 0. The van der Waals surface area contributed by atoms with Crippen molar-refractivity contribution in [3.05, 3.63) is 0 Å². The minimum absolute atomic E-state index is 0.0962. The Balaban J connectivity index is 2.05. The Kier molecular flexibility index (Phi) is 2.80. The quantitative estimate of drug-likeness (QED) is 0.556. The highest BCUT2D eigenvalue weighted by Gasteiger charge is 2.47. The third-order valence-electron chi connectivity index (χ3n) is 2.47. The third kappa shape index (κ3) is 1.58. The molecule has 2 heterocycles. The molecule has 2 aliphatic heterocycles. The number of hydrogen-bond donors (Lipinski definition) is 2. The van der Waals surface area contributed by atoms with Crippen LogP contribution in [0.2, 0.25) is 0 Å². The normalized spacial score (nSPS) is 44.8. The summed E-state index contributed by atoms with van der Waals surface area (Å²) in [5.74, 6) is 0. The fourth-order valence-electron chi connectivity index (χ4n) is 1.87. The molecule has 0 aromatic carbocycles. The van der Waals surface area contributed by atoms with Gasteiger partial charge in [0.1, 0.15) is 24.4 Å². The molecule has 2 N–H and O–H groups in total. The monoisotopic (exact) mass is 190 g/mol. The van der Waals surface area contributed by atoms with Gasteiger partial charge in [-0.1, -0.05) is 0 Å².